The van der Waals surface area contributed by atoms with Crippen molar-refractivity contribution in [2.24, 2.45) is 0 Å². The van der Waals surface area contributed by atoms with Gasteiger partial charge in [0.25, 0.3) is 0 Å². The molecule has 1 heterocycles. The summed E-state index contributed by atoms with van der Waals surface area (Å²) >= 11 is 0. The summed E-state index contributed by atoms with van der Waals surface area (Å²) in [5, 5.41) is 2.94. The Bertz CT molecular complexity index is 527. The Labute approximate surface area is 113 Å². The first-order valence-electron chi connectivity index (χ1n) is 6.40. The van der Waals surface area contributed by atoms with Crippen LogP contribution in [-0.4, -0.2) is 41.0 Å². The zero-order chi connectivity index (χ0) is 13.7. The van der Waals surface area contributed by atoms with Crippen LogP contribution in [0.1, 0.15) is 12.8 Å². The maximum Gasteiger partial charge on any atom is 0.178 e. The summed E-state index contributed by atoms with van der Waals surface area (Å²) in [6.07, 6.45) is 1.40. The molecule has 1 aliphatic rings. The maximum atomic E-state index is 12.2. The van der Waals surface area contributed by atoms with E-state index in [1.165, 1.54) is 0 Å². The van der Waals surface area contributed by atoms with Crippen LogP contribution in [0.4, 0.5) is 0 Å². The first-order chi connectivity index (χ1) is 9.13. The third-order valence-electron chi connectivity index (χ3n) is 2.92. The van der Waals surface area contributed by atoms with E-state index in [1.54, 1.807) is 25.2 Å². The van der Waals surface area contributed by atoms with E-state index in [-0.39, 0.29) is 5.75 Å². The van der Waals surface area contributed by atoms with E-state index in [1.807, 2.05) is 0 Å². The molecule has 0 unspecified atom stereocenters. The molecule has 0 saturated heterocycles. The van der Waals surface area contributed by atoms with Gasteiger partial charge in [-0.3, -0.25) is 0 Å². The molecule has 0 amide bonds. The van der Waals surface area contributed by atoms with E-state index in [4.69, 9.17) is 9.47 Å². The van der Waals surface area contributed by atoms with Crippen LogP contribution in [0.5, 0.6) is 11.5 Å². The quantitative estimate of drug-likeness (QED) is 0.824. The zero-order valence-electron chi connectivity index (χ0n) is 11.0. The maximum absolute atomic E-state index is 12.2. The molecule has 1 N–H and O–H groups in total. The molecule has 0 bridgehead atoms. The summed E-state index contributed by atoms with van der Waals surface area (Å²) in [6, 6.07) is 4.82. The number of sulfone groups is 1. The van der Waals surface area contributed by atoms with Crippen molar-refractivity contribution in [3.63, 3.8) is 0 Å². The van der Waals surface area contributed by atoms with Gasteiger partial charge in [-0.15, -0.1) is 0 Å². The van der Waals surface area contributed by atoms with Crippen LogP contribution in [0.3, 0.4) is 0 Å². The SMILES string of the molecule is CNCCCS(=O)(=O)c1ccc2c(c1)OCCCO2. The molecule has 0 spiro atoms. The Kier molecular flexibility index (Phi) is 4.66. The molecule has 0 fully saturated rings. The minimum atomic E-state index is -3.25. The monoisotopic (exact) mass is 285 g/mol. The van der Waals surface area contributed by atoms with E-state index in [0.717, 1.165) is 6.42 Å². The molecular formula is C13H19NO4S. The third kappa shape index (κ3) is 3.61. The minimum Gasteiger partial charge on any atom is -0.490 e. The number of ether oxygens (including phenoxy) is 2. The number of benzene rings is 1. The molecule has 1 aromatic rings. The van der Waals surface area contributed by atoms with Crippen molar-refractivity contribution in [3.8, 4) is 11.5 Å². The molecule has 5 nitrogen and oxygen atoms in total. The van der Waals surface area contributed by atoms with Crippen molar-refractivity contribution in [2.75, 3.05) is 32.6 Å². The number of rotatable bonds is 5. The smallest absolute Gasteiger partial charge is 0.178 e. The lowest BCUT2D eigenvalue weighted by atomic mass is 10.3. The fourth-order valence-electron chi connectivity index (χ4n) is 1.89. The van der Waals surface area contributed by atoms with Crippen molar-refractivity contribution in [1.29, 1.82) is 0 Å². The lowest BCUT2D eigenvalue weighted by Crippen LogP contribution is -2.14. The number of hydrogen-bond acceptors (Lipinski definition) is 5. The van der Waals surface area contributed by atoms with Crippen LogP contribution < -0.4 is 14.8 Å². The van der Waals surface area contributed by atoms with Crippen molar-refractivity contribution in [1.82, 2.24) is 5.32 Å². The van der Waals surface area contributed by atoms with Crippen molar-refractivity contribution in [3.05, 3.63) is 18.2 Å². The molecule has 1 aliphatic heterocycles. The van der Waals surface area contributed by atoms with Crippen LogP contribution in [0, 0.1) is 0 Å². The van der Waals surface area contributed by atoms with Crippen molar-refractivity contribution < 1.29 is 17.9 Å². The van der Waals surface area contributed by atoms with Crippen LogP contribution >= 0.6 is 0 Å². The summed E-state index contributed by atoms with van der Waals surface area (Å²) in [5.74, 6) is 1.27. The summed E-state index contributed by atoms with van der Waals surface area (Å²) in [5.41, 5.74) is 0. The summed E-state index contributed by atoms with van der Waals surface area (Å²) in [6.45, 7) is 1.83. The van der Waals surface area contributed by atoms with Gasteiger partial charge in [0.1, 0.15) is 0 Å². The molecule has 0 atom stereocenters. The van der Waals surface area contributed by atoms with Gasteiger partial charge >= 0.3 is 0 Å². The summed E-state index contributed by atoms with van der Waals surface area (Å²) < 4.78 is 35.3. The van der Waals surface area contributed by atoms with Gasteiger partial charge in [0.2, 0.25) is 0 Å². The Balaban J connectivity index is 2.18. The highest BCUT2D eigenvalue weighted by Crippen LogP contribution is 2.32. The lowest BCUT2D eigenvalue weighted by molar-refractivity contribution is 0.297. The van der Waals surface area contributed by atoms with Crippen molar-refractivity contribution >= 4 is 9.84 Å². The summed E-state index contributed by atoms with van der Waals surface area (Å²) in [4.78, 5) is 0.299. The van der Waals surface area contributed by atoms with Gasteiger partial charge in [0, 0.05) is 12.5 Å². The number of fused-ring (bicyclic) bond motifs is 1. The first kappa shape index (κ1) is 14.1. The van der Waals surface area contributed by atoms with Crippen LogP contribution in [-0.2, 0) is 9.84 Å². The standard InChI is InChI=1S/C13H19NO4S/c1-14-6-2-9-19(15,16)11-4-5-12-13(10-11)18-8-3-7-17-12/h4-5,10,14H,2-3,6-9H2,1H3. The Morgan fingerprint density at radius 3 is 2.68 bits per heavy atom. The molecule has 2 rings (SSSR count). The van der Waals surface area contributed by atoms with E-state index < -0.39 is 9.84 Å². The van der Waals surface area contributed by atoms with Crippen LogP contribution in [0.2, 0.25) is 0 Å². The highest BCUT2D eigenvalue weighted by Gasteiger charge is 2.18. The molecule has 106 valence electrons. The summed E-state index contributed by atoms with van der Waals surface area (Å²) in [7, 11) is -1.45. The third-order valence-corrected chi connectivity index (χ3v) is 4.72. The van der Waals surface area contributed by atoms with Crippen LogP contribution in [0.25, 0.3) is 0 Å². The van der Waals surface area contributed by atoms with E-state index in [2.05, 4.69) is 5.32 Å². The number of nitrogens with one attached hydrogen (secondary N) is 1. The second-order valence-corrected chi connectivity index (χ2v) is 6.54. The van der Waals surface area contributed by atoms with Gasteiger partial charge in [0.05, 0.1) is 23.9 Å². The average molecular weight is 285 g/mol. The van der Waals surface area contributed by atoms with E-state index in [9.17, 15) is 8.42 Å². The van der Waals surface area contributed by atoms with E-state index in [0.29, 0.717) is 42.6 Å². The predicted octanol–water partition coefficient (Wildman–Crippen LogP) is 1.23. The number of hydrogen-bond donors (Lipinski definition) is 1. The molecule has 0 radical (unpaired) electrons. The molecule has 1 aromatic carbocycles. The highest BCUT2D eigenvalue weighted by molar-refractivity contribution is 7.91. The second-order valence-electron chi connectivity index (χ2n) is 4.43. The molecule has 0 aliphatic carbocycles. The molecule has 19 heavy (non-hydrogen) atoms. The van der Waals surface area contributed by atoms with E-state index >= 15 is 0 Å². The Morgan fingerprint density at radius 2 is 1.95 bits per heavy atom. The minimum absolute atomic E-state index is 0.132. The van der Waals surface area contributed by atoms with Crippen molar-refractivity contribution in [2.45, 2.75) is 17.7 Å². The normalized spacial score (nSPS) is 15.0. The topological polar surface area (TPSA) is 64.6 Å². The zero-order valence-corrected chi connectivity index (χ0v) is 11.8. The first-order valence-corrected chi connectivity index (χ1v) is 8.06. The van der Waals surface area contributed by atoms with Gasteiger partial charge in [0.15, 0.2) is 21.3 Å². The van der Waals surface area contributed by atoms with Gasteiger partial charge < -0.3 is 14.8 Å². The Morgan fingerprint density at radius 1 is 1.21 bits per heavy atom. The second kappa shape index (κ2) is 6.25. The molecular weight excluding hydrogens is 266 g/mol. The molecule has 0 saturated carbocycles. The largest absolute Gasteiger partial charge is 0.490 e. The van der Waals surface area contributed by atoms with Gasteiger partial charge in [-0.2, -0.15) is 0 Å². The van der Waals surface area contributed by atoms with Gasteiger partial charge in [-0.05, 0) is 32.1 Å². The fraction of sp³-hybridized carbons (Fsp3) is 0.538. The fourth-order valence-corrected chi connectivity index (χ4v) is 3.22. The van der Waals surface area contributed by atoms with Gasteiger partial charge in [-0.1, -0.05) is 0 Å². The average Bonchev–Trinajstić information content (AvgIpc) is 2.63. The highest BCUT2D eigenvalue weighted by atomic mass is 32.2. The predicted molar refractivity (Wildman–Crippen MR) is 72.6 cm³/mol. The molecule has 0 aromatic heterocycles. The van der Waals surface area contributed by atoms with Gasteiger partial charge in [-0.25, -0.2) is 8.42 Å². The molecule has 6 heteroatoms. The van der Waals surface area contributed by atoms with Crippen LogP contribution in [0.15, 0.2) is 23.1 Å². The lowest BCUT2D eigenvalue weighted by Gasteiger charge is -2.10. The Hall–Kier alpha value is -1.27.